The summed E-state index contributed by atoms with van der Waals surface area (Å²) in [6, 6.07) is 5.74. The van der Waals surface area contributed by atoms with Crippen molar-refractivity contribution in [3.05, 3.63) is 30.1 Å². The smallest absolute Gasteiger partial charge is 0.314 e. The van der Waals surface area contributed by atoms with Gasteiger partial charge in [-0.15, -0.1) is 0 Å². The van der Waals surface area contributed by atoms with Crippen molar-refractivity contribution in [3.63, 3.8) is 0 Å². The van der Waals surface area contributed by atoms with Gasteiger partial charge >= 0.3 is 5.97 Å². The normalized spacial score (nSPS) is 10.4. The van der Waals surface area contributed by atoms with E-state index in [1.54, 1.807) is 0 Å². The molecule has 1 rings (SSSR count). The summed E-state index contributed by atoms with van der Waals surface area (Å²) in [6.45, 7) is 3.13. The molecule has 0 fully saturated rings. The molecule has 0 unspecified atom stereocenters. The van der Waals surface area contributed by atoms with Crippen molar-refractivity contribution >= 4 is 5.97 Å². The summed E-state index contributed by atoms with van der Waals surface area (Å²) in [6.07, 6.45) is 8.25. The highest BCUT2D eigenvalue weighted by Gasteiger charge is 2.12. The minimum Gasteiger partial charge on any atom is -0.481 e. The number of carboxylic acids is 1. The van der Waals surface area contributed by atoms with Crippen molar-refractivity contribution in [2.75, 3.05) is 0 Å². The van der Waals surface area contributed by atoms with Gasteiger partial charge in [-0.2, -0.15) is 0 Å². The number of nitrogens with zero attached hydrogens (tertiary/aromatic N) is 1. The number of carboxylic acid groups (broad SMARTS) is 1. The fraction of sp³-hybridized carbons (Fsp3) is 0.571. The van der Waals surface area contributed by atoms with Gasteiger partial charge in [-0.05, 0) is 6.42 Å². The Kier molecular flexibility index (Phi) is 6.30. The molecule has 0 atom stereocenters. The molecular formula is C14H22NO2+. The molecule has 0 aliphatic carbocycles. The standard InChI is InChI=1S/C14H21NO2/c1-2-3-4-5-7-10-15-11-8-6-9-13(15)12-14(16)17/h6,8-9,11H,2-5,7,10,12H2,1H3/p+1. The molecule has 1 N–H and O–H groups in total. The Morgan fingerprint density at radius 1 is 1.24 bits per heavy atom. The Bertz CT molecular complexity index is 350. The highest BCUT2D eigenvalue weighted by Crippen LogP contribution is 2.03. The summed E-state index contributed by atoms with van der Waals surface area (Å²) in [7, 11) is 0. The summed E-state index contributed by atoms with van der Waals surface area (Å²) in [5, 5.41) is 8.82. The van der Waals surface area contributed by atoms with Crippen molar-refractivity contribution in [2.45, 2.75) is 52.0 Å². The maximum absolute atomic E-state index is 10.7. The first-order chi connectivity index (χ1) is 8.24. The molecule has 0 radical (unpaired) electrons. The Morgan fingerprint density at radius 2 is 2.00 bits per heavy atom. The van der Waals surface area contributed by atoms with Crippen molar-refractivity contribution < 1.29 is 14.5 Å². The van der Waals surface area contributed by atoms with Gasteiger partial charge < -0.3 is 5.11 Å². The Labute approximate surface area is 103 Å². The van der Waals surface area contributed by atoms with Crippen LogP contribution in [0.1, 0.15) is 44.7 Å². The predicted molar refractivity (Wildman–Crippen MR) is 66.7 cm³/mol. The third-order valence-electron chi connectivity index (χ3n) is 2.87. The molecule has 17 heavy (non-hydrogen) atoms. The Balaban J connectivity index is 2.43. The van der Waals surface area contributed by atoms with Crippen LogP contribution in [0, 0.1) is 0 Å². The zero-order valence-corrected chi connectivity index (χ0v) is 10.6. The molecule has 1 aromatic rings. The van der Waals surface area contributed by atoms with Gasteiger partial charge in [0, 0.05) is 18.6 Å². The average Bonchev–Trinajstić information content (AvgIpc) is 2.30. The third-order valence-corrected chi connectivity index (χ3v) is 2.87. The van der Waals surface area contributed by atoms with Gasteiger partial charge in [0.25, 0.3) is 0 Å². The molecule has 3 nitrogen and oxygen atoms in total. The minimum atomic E-state index is -0.768. The summed E-state index contributed by atoms with van der Waals surface area (Å²) >= 11 is 0. The lowest BCUT2D eigenvalue weighted by atomic mass is 10.1. The third kappa shape index (κ3) is 5.48. The van der Waals surface area contributed by atoms with Gasteiger partial charge in [-0.25, -0.2) is 4.57 Å². The van der Waals surface area contributed by atoms with E-state index in [4.69, 9.17) is 5.11 Å². The zero-order chi connectivity index (χ0) is 12.5. The maximum Gasteiger partial charge on any atom is 0.314 e. The lowest BCUT2D eigenvalue weighted by Gasteiger charge is -2.02. The fourth-order valence-corrected chi connectivity index (χ4v) is 1.93. The monoisotopic (exact) mass is 236 g/mol. The maximum atomic E-state index is 10.7. The van der Waals surface area contributed by atoms with Gasteiger partial charge in [0.15, 0.2) is 11.9 Å². The van der Waals surface area contributed by atoms with Crippen LogP contribution >= 0.6 is 0 Å². The number of aromatic nitrogens is 1. The first kappa shape index (κ1) is 13.7. The lowest BCUT2D eigenvalue weighted by Crippen LogP contribution is -2.38. The van der Waals surface area contributed by atoms with E-state index in [9.17, 15) is 4.79 Å². The predicted octanol–water partition coefficient (Wildman–Crippen LogP) is 2.57. The number of pyridine rings is 1. The number of rotatable bonds is 8. The molecular weight excluding hydrogens is 214 g/mol. The average molecular weight is 236 g/mol. The number of hydrogen-bond donors (Lipinski definition) is 1. The van der Waals surface area contributed by atoms with Crippen LogP contribution in [0.3, 0.4) is 0 Å². The summed E-state index contributed by atoms with van der Waals surface area (Å²) in [5.74, 6) is -0.768. The number of carbonyl (C=O) groups is 1. The van der Waals surface area contributed by atoms with E-state index in [0.29, 0.717) is 0 Å². The lowest BCUT2D eigenvalue weighted by molar-refractivity contribution is -0.704. The molecule has 0 amide bonds. The van der Waals surface area contributed by atoms with Crippen molar-refractivity contribution in [1.82, 2.24) is 0 Å². The second-order valence-corrected chi connectivity index (χ2v) is 4.37. The molecule has 1 aromatic heterocycles. The van der Waals surface area contributed by atoms with Crippen LogP contribution in [-0.4, -0.2) is 11.1 Å². The van der Waals surface area contributed by atoms with E-state index >= 15 is 0 Å². The molecule has 0 saturated heterocycles. The molecule has 94 valence electrons. The van der Waals surface area contributed by atoms with E-state index in [1.807, 2.05) is 24.4 Å². The van der Waals surface area contributed by atoms with E-state index in [2.05, 4.69) is 11.5 Å². The van der Waals surface area contributed by atoms with Crippen molar-refractivity contribution in [2.24, 2.45) is 0 Å². The van der Waals surface area contributed by atoms with E-state index in [-0.39, 0.29) is 6.42 Å². The summed E-state index contributed by atoms with van der Waals surface area (Å²) < 4.78 is 2.06. The molecule has 0 aromatic carbocycles. The SMILES string of the molecule is CCCCCCC[n+]1ccccc1CC(=O)O. The van der Waals surface area contributed by atoms with Crippen LogP contribution in [0.2, 0.25) is 0 Å². The van der Waals surface area contributed by atoms with Gasteiger partial charge in [-0.3, -0.25) is 4.79 Å². The van der Waals surface area contributed by atoms with Gasteiger partial charge in [0.1, 0.15) is 13.0 Å². The van der Waals surface area contributed by atoms with Crippen molar-refractivity contribution in [1.29, 1.82) is 0 Å². The van der Waals surface area contributed by atoms with Gasteiger partial charge in [-0.1, -0.05) is 32.3 Å². The molecule has 0 spiro atoms. The highest BCUT2D eigenvalue weighted by atomic mass is 16.4. The highest BCUT2D eigenvalue weighted by molar-refractivity contribution is 5.69. The molecule has 0 saturated carbocycles. The van der Waals surface area contributed by atoms with Crippen LogP contribution in [-0.2, 0) is 17.8 Å². The topological polar surface area (TPSA) is 41.2 Å². The number of unbranched alkanes of at least 4 members (excludes halogenated alkanes) is 4. The molecule has 0 bridgehead atoms. The number of aryl methyl sites for hydroxylation is 1. The van der Waals surface area contributed by atoms with E-state index in [0.717, 1.165) is 18.7 Å². The fourth-order valence-electron chi connectivity index (χ4n) is 1.93. The zero-order valence-electron chi connectivity index (χ0n) is 10.6. The van der Waals surface area contributed by atoms with E-state index < -0.39 is 5.97 Å². The molecule has 0 aliphatic rings. The molecule has 3 heteroatoms. The second-order valence-electron chi connectivity index (χ2n) is 4.37. The quantitative estimate of drug-likeness (QED) is 0.556. The molecule has 0 aliphatic heterocycles. The van der Waals surface area contributed by atoms with Crippen LogP contribution < -0.4 is 4.57 Å². The van der Waals surface area contributed by atoms with E-state index in [1.165, 1.54) is 25.7 Å². The van der Waals surface area contributed by atoms with Crippen LogP contribution in [0.5, 0.6) is 0 Å². The summed E-state index contributed by atoms with van der Waals surface area (Å²) in [4.78, 5) is 10.7. The number of hydrogen-bond acceptors (Lipinski definition) is 1. The van der Waals surface area contributed by atoms with Crippen LogP contribution in [0.25, 0.3) is 0 Å². The first-order valence-corrected chi connectivity index (χ1v) is 6.43. The van der Waals surface area contributed by atoms with Crippen LogP contribution in [0.4, 0.5) is 0 Å². The molecule has 1 heterocycles. The van der Waals surface area contributed by atoms with Crippen LogP contribution in [0.15, 0.2) is 24.4 Å². The summed E-state index contributed by atoms with van der Waals surface area (Å²) in [5.41, 5.74) is 0.885. The Morgan fingerprint density at radius 3 is 2.71 bits per heavy atom. The van der Waals surface area contributed by atoms with Gasteiger partial charge in [0.2, 0.25) is 0 Å². The minimum absolute atomic E-state index is 0.107. The second kappa shape index (κ2) is 7.82. The number of aliphatic carboxylic acids is 1. The first-order valence-electron chi connectivity index (χ1n) is 6.43. The Hall–Kier alpha value is -1.38. The largest absolute Gasteiger partial charge is 0.481 e. The van der Waals surface area contributed by atoms with Crippen molar-refractivity contribution in [3.8, 4) is 0 Å². The van der Waals surface area contributed by atoms with Gasteiger partial charge in [0.05, 0.1) is 0 Å².